The molecular weight excluding hydrogens is 464 g/mol. The molecule has 1 atom stereocenters. The summed E-state index contributed by atoms with van der Waals surface area (Å²) in [5, 5.41) is 9.73. The third-order valence-corrected chi connectivity index (χ3v) is 7.15. The SMILES string of the molecule is CN(C(=O)c1ccco1)[C@H](Cc1ccccc1Cl)C1CCN(Cc2cccc(OCCO)c2)CC1. The van der Waals surface area contributed by atoms with Gasteiger partial charge in [-0.05, 0) is 79.7 Å². The molecule has 1 aliphatic heterocycles. The fourth-order valence-electron chi connectivity index (χ4n) is 4.88. The third kappa shape index (κ3) is 6.66. The molecule has 2 aromatic carbocycles. The molecular formula is C28H33ClN2O4. The van der Waals surface area contributed by atoms with Crippen molar-refractivity contribution >= 4 is 17.5 Å². The van der Waals surface area contributed by atoms with E-state index in [-0.39, 0.29) is 18.6 Å². The van der Waals surface area contributed by atoms with Crippen molar-refractivity contribution in [1.82, 2.24) is 9.80 Å². The normalized spacial score (nSPS) is 15.6. The van der Waals surface area contributed by atoms with Crippen molar-refractivity contribution in [3.8, 4) is 5.75 Å². The van der Waals surface area contributed by atoms with E-state index in [1.165, 1.54) is 11.8 Å². The smallest absolute Gasteiger partial charge is 0.289 e. The minimum absolute atomic E-state index is 0.00394. The Labute approximate surface area is 212 Å². The number of likely N-dealkylation sites (tertiary alicyclic amines) is 1. The summed E-state index contributed by atoms with van der Waals surface area (Å²) in [4.78, 5) is 17.4. The highest BCUT2D eigenvalue weighted by Crippen LogP contribution is 2.30. The van der Waals surface area contributed by atoms with Crippen LogP contribution in [0.2, 0.25) is 5.02 Å². The van der Waals surface area contributed by atoms with Gasteiger partial charge in [-0.25, -0.2) is 0 Å². The number of amides is 1. The number of ether oxygens (including phenoxy) is 1. The largest absolute Gasteiger partial charge is 0.491 e. The van der Waals surface area contributed by atoms with Gasteiger partial charge in [-0.3, -0.25) is 9.69 Å². The minimum atomic E-state index is -0.103. The highest BCUT2D eigenvalue weighted by Gasteiger charge is 2.33. The number of furan rings is 1. The Bertz CT molecular complexity index is 1080. The van der Waals surface area contributed by atoms with Crippen LogP contribution < -0.4 is 4.74 Å². The van der Waals surface area contributed by atoms with Crippen LogP contribution in [0.25, 0.3) is 0 Å². The van der Waals surface area contributed by atoms with Crippen LogP contribution in [0.15, 0.2) is 71.3 Å². The molecule has 1 amide bonds. The molecule has 0 unspecified atom stereocenters. The number of halogens is 1. The van der Waals surface area contributed by atoms with Crippen LogP contribution >= 0.6 is 11.6 Å². The Morgan fingerprint density at radius 2 is 1.97 bits per heavy atom. The number of nitrogens with zero attached hydrogens (tertiary/aromatic N) is 2. The van der Waals surface area contributed by atoms with E-state index in [0.717, 1.165) is 48.8 Å². The first-order chi connectivity index (χ1) is 17.0. The topological polar surface area (TPSA) is 66.2 Å². The van der Waals surface area contributed by atoms with E-state index in [4.69, 9.17) is 25.9 Å². The lowest BCUT2D eigenvalue weighted by Crippen LogP contribution is -2.47. The molecule has 1 N–H and O–H groups in total. The lowest BCUT2D eigenvalue weighted by Gasteiger charge is -2.40. The molecule has 1 aliphatic rings. The molecule has 7 heteroatoms. The van der Waals surface area contributed by atoms with Gasteiger partial charge in [0.15, 0.2) is 5.76 Å². The first-order valence-electron chi connectivity index (χ1n) is 12.1. The van der Waals surface area contributed by atoms with Gasteiger partial charge in [0, 0.05) is 24.7 Å². The summed E-state index contributed by atoms with van der Waals surface area (Å²) in [5.74, 6) is 1.39. The molecule has 0 saturated carbocycles. The molecule has 35 heavy (non-hydrogen) atoms. The van der Waals surface area contributed by atoms with E-state index in [1.54, 1.807) is 12.1 Å². The first-order valence-corrected chi connectivity index (χ1v) is 12.5. The molecule has 1 fully saturated rings. The van der Waals surface area contributed by atoms with E-state index >= 15 is 0 Å². The zero-order valence-corrected chi connectivity index (χ0v) is 20.9. The van der Waals surface area contributed by atoms with Crippen molar-refractivity contribution < 1.29 is 19.1 Å². The van der Waals surface area contributed by atoms with Crippen LogP contribution in [0.1, 0.15) is 34.5 Å². The van der Waals surface area contributed by atoms with E-state index < -0.39 is 0 Å². The second kappa shape index (κ2) is 12.2. The number of benzene rings is 2. The maximum Gasteiger partial charge on any atom is 0.289 e. The third-order valence-electron chi connectivity index (χ3n) is 6.78. The van der Waals surface area contributed by atoms with Crippen molar-refractivity contribution in [1.29, 1.82) is 0 Å². The zero-order valence-electron chi connectivity index (χ0n) is 20.1. The average Bonchev–Trinajstić information content (AvgIpc) is 3.42. The number of hydrogen-bond acceptors (Lipinski definition) is 5. The molecule has 4 rings (SSSR count). The number of carbonyl (C=O) groups is 1. The highest BCUT2D eigenvalue weighted by atomic mass is 35.5. The van der Waals surface area contributed by atoms with Crippen molar-refractivity contribution in [2.45, 2.75) is 31.8 Å². The van der Waals surface area contributed by atoms with Gasteiger partial charge < -0.3 is 19.2 Å². The number of aliphatic hydroxyl groups is 1. The van der Waals surface area contributed by atoms with E-state index in [9.17, 15) is 4.79 Å². The Kier molecular flexibility index (Phi) is 8.85. The van der Waals surface area contributed by atoms with E-state index in [1.807, 2.05) is 54.4 Å². The molecule has 1 saturated heterocycles. The van der Waals surface area contributed by atoms with Crippen molar-refractivity contribution in [2.24, 2.45) is 5.92 Å². The van der Waals surface area contributed by atoms with Gasteiger partial charge in [0.2, 0.25) is 0 Å². The molecule has 0 aliphatic carbocycles. The summed E-state index contributed by atoms with van der Waals surface area (Å²) >= 11 is 6.49. The van der Waals surface area contributed by atoms with Crippen LogP contribution in [0.3, 0.4) is 0 Å². The lowest BCUT2D eigenvalue weighted by molar-refractivity contribution is 0.0556. The van der Waals surface area contributed by atoms with Gasteiger partial charge in [0.05, 0.1) is 12.9 Å². The maximum absolute atomic E-state index is 13.1. The molecule has 186 valence electrons. The van der Waals surface area contributed by atoms with Crippen molar-refractivity contribution in [3.63, 3.8) is 0 Å². The van der Waals surface area contributed by atoms with Crippen LogP contribution in [0.5, 0.6) is 5.75 Å². The fourth-order valence-corrected chi connectivity index (χ4v) is 5.10. The van der Waals surface area contributed by atoms with Gasteiger partial charge in [-0.15, -0.1) is 0 Å². The molecule has 1 aromatic heterocycles. The Morgan fingerprint density at radius 3 is 2.69 bits per heavy atom. The van der Waals surface area contributed by atoms with Crippen LogP contribution in [-0.4, -0.2) is 60.2 Å². The summed E-state index contributed by atoms with van der Waals surface area (Å²) < 4.78 is 11.0. The number of hydrogen-bond donors (Lipinski definition) is 1. The molecule has 6 nitrogen and oxygen atoms in total. The lowest BCUT2D eigenvalue weighted by atomic mass is 9.84. The molecule has 0 bridgehead atoms. The minimum Gasteiger partial charge on any atom is -0.491 e. The quantitative estimate of drug-likeness (QED) is 0.432. The van der Waals surface area contributed by atoms with Crippen LogP contribution in [-0.2, 0) is 13.0 Å². The van der Waals surface area contributed by atoms with Crippen LogP contribution in [0, 0.1) is 5.92 Å². The summed E-state index contributed by atoms with van der Waals surface area (Å²) in [6.07, 6.45) is 4.22. The standard InChI is InChI=1S/C28H33ClN2O4/c1-30(28(33)27-10-5-16-35-27)26(19-23-7-2-3-9-25(23)29)22-11-13-31(14-12-22)20-21-6-4-8-24(18-21)34-17-15-32/h2-10,16,18,22,26,32H,11-15,17,19-20H2,1H3/t26-/m1/s1. The number of rotatable bonds is 10. The highest BCUT2D eigenvalue weighted by molar-refractivity contribution is 6.31. The summed E-state index contributed by atoms with van der Waals surface area (Å²) in [5.41, 5.74) is 2.25. The number of aliphatic hydroxyl groups excluding tert-OH is 1. The Morgan fingerprint density at radius 1 is 1.17 bits per heavy atom. The van der Waals surface area contributed by atoms with E-state index in [0.29, 0.717) is 24.7 Å². The predicted octanol–water partition coefficient (Wildman–Crippen LogP) is 4.90. The number of carbonyl (C=O) groups excluding carboxylic acids is 1. The Hall–Kier alpha value is -2.80. The van der Waals surface area contributed by atoms with Crippen LogP contribution in [0.4, 0.5) is 0 Å². The van der Waals surface area contributed by atoms with Gasteiger partial charge in [0.1, 0.15) is 12.4 Å². The average molecular weight is 497 g/mol. The molecule has 0 spiro atoms. The molecule has 2 heterocycles. The predicted molar refractivity (Wildman–Crippen MR) is 137 cm³/mol. The van der Waals surface area contributed by atoms with Gasteiger partial charge >= 0.3 is 0 Å². The van der Waals surface area contributed by atoms with E-state index in [2.05, 4.69) is 11.0 Å². The fraction of sp³-hybridized carbons (Fsp3) is 0.393. The first kappa shape index (κ1) is 25.3. The summed E-state index contributed by atoms with van der Waals surface area (Å²) in [7, 11) is 1.87. The van der Waals surface area contributed by atoms with Crippen molar-refractivity contribution in [2.75, 3.05) is 33.4 Å². The Balaban J connectivity index is 1.43. The summed E-state index contributed by atoms with van der Waals surface area (Å²) in [6.45, 7) is 3.05. The summed E-state index contributed by atoms with van der Waals surface area (Å²) in [6, 6.07) is 19.4. The van der Waals surface area contributed by atoms with Crippen molar-refractivity contribution in [3.05, 3.63) is 88.8 Å². The van der Waals surface area contributed by atoms with Gasteiger partial charge in [-0.2, -0.15) is 0 Å². The number of likely N-dealkylation sites (N-methyl/N-ethyl adjacent to an activating group) is 1. The second-order valence-electron chi connectivity index (χ2n) is 9.09. The van der Waals surface area contributed by atoms with Gasteiger partial charge in [-0.1, -0.05) is 41.9 Å². The monoisotopic (exact) mass is 496 g/mol. The zero-order chi connectivity index (χ0) is 24.6. The second-order valence-corrected chi connectivity index (χ2v) is 9.50. The molecule has 3 aromatic rings. The molecule has 0 radical (unpaired) electrons. The number of piperidine rings is 1. The van der Waals surface area contributed by atoms with Gasteiger partial charge in [0.25, 0.3) is 5.91 Å². The maximum atomic E-state index is 13.1.